The fourth-order valence-electron chi connectivity index (χ4n) is 1.53. The minimum absolute atomic E-state index is 0.167. The van der Waals surface area contributed by atoms with Crippen molar-refractivity contribution in [3.8, 4) is 0 Å². The lowest BCUT2D eigenvalue weighted by atomic mass is 9.81. The zero-order chi connectivity index (χ0) is 12.2. The third kappa shape index (κ3) is 2.38. The lowest BCUT2D eigenvalue weighted by molar-refractivity contribution is -0.122. The molecule has 0 spiro atoms. The van der Waals surface area contributed by atoms with Crippen LogP contribution < -0.4 is 11.1 Å². The standard InChI is InChI=1S/C10H15N3OS2/c1-3-10(4-2,7(11)15)8(14)13-9-12-5-6-16-9/h5-6H,3-4H2,1-2H3,(H2,11,15)(H,12,13,14). The summed E-state index contributed by atoms with van der Waals surface area (Å²) in [4.78, 5) is 16.4. The van der Waals surface area contributed by atoms with Gasteiger partial charge in [-0.05, 0) is 12.8 Å². The molecular formula is C10H15N3OS2. The van der Waals surface area contributed by atoms with Gasteiger partial charge in [-0.3, -0.25) is 4.79 Å². The van der Waals surface area contributed by atoms with Crippen molar-refractivity contribution in [2.75, 3.05) is 5.32 Å². The lowest BCUT2D eigenvalue weighted by Gasteiger charge is -2.28. The van der Waals surface area contributed by atoms with Gasteiger partial charge >= 0.3 is 0 Å². The number of nitrogens with one attached hydrogen (secondary N) is 1. The molecule has 0 aromatic carbocycles. The van der Waals surface area contributed by atoms with Crippen LogP contribution in [0.15, 0.2) is 11.6 Å². The summed E-state index contributed by atoms with van der Waals surface area (Å²) < 4.78 is 0. The van der Waals surface area contributed by atoms with E-state index in [0.29, 0.717) is 18.0 Å². The van der Waals surface area contributed by atoms with Gasteiger partial charge in [0.2, 0.25) is 5.91 Å². The predicted octanol–water partition coefficient (Wildman–Crippen LogP) is 2.17. The highest BCUT2D eigenvalue weighted by Gasteiger charge is 2.38. The first-order valence-corrected chi connectivity index (χ1v) is 6.36. The summed E-state index contributed by atoms with van der Waals surface area (Å²) in [6.07, 6.45) is 2.83. The molecular weight excluding hydrogens is 242 g/mol. The summed E-state index contributed by atoms with van der Waals surface area (Å²) in [5.74, 6) is -0.167. The monoisotopic (exact) mass is 257 g/mol. The predicted molar refractivity (Wildman–Crippen MR) is 70.5 cm³/mol. The normalized spacial score (nSPS) is 11.1. The van der Waals surface area contributed by atoms with E-state index in [-0.39, 0.29) is 10.9 Å². The van der Waals surface area contributed by atoms with Gasteiger partial charge in [0.25, 0.3) is 0 Å². The van der Waals surface area contributed by atoms with Crippen molar-refractivity contribution < 1.29 is 4.79 Å². The smallest absolute Gasteiger partial charge is 0.239 e. The number of amides is 1. The van der Waals surface area contributed by atoms with Gasteiger partial charge in [0.1, 0.15) is 0 Å². The molecule has 0 atom stereocenters. The Hall–Kier alpha value is -1.01. The van der Waals surface area contributed by atoms with E-state index in [2.05, 4.69) is 10.3 Å². The Balaban J connectivity index is 2.88. The number of thiazole rings is 1. The van der Waals surface area contributed by atoms with Crippen molar-refractivity contribution in [2.45, 2.75) is 26.7 Å². The van der Waals surface area contributed by atoms with E-state index in [1.807, 2.05) is 13.8 Å². The van der Waals surface area contributed by atoms with Crippen molar-refractivity contribution in [1.29, 1.82) is 0 Å². The molecule has 0 aliphatic carbocycles. The number of aromatic nitrogens is 1. The van der Waals surface area contributed by atoms with Gasteiger partial charge in [0.05, 0.1) is 10.4 Å². The van der Waals surface area contributed by atoms with E-state index in [9.17, 15) is 4.79 Å². The summed E-state index contributed by atoms with van der Waals surface area (Å²) in [5, 5.41) is 5.12. The van der Waals surface area contributed by atoms with E-state index in [1.54, 1.807) is 11.6 Å². The quantitative estimate of drug-likeness (QED) is 0.793. The van der Waals surface area contributed by atoms with Gasteiger partial charge in [0, 0.05) is 11.6 Å². The van der Waals surface area contributed by atoms with Crippen LogP contribution in [0.3, 0.4) is 0 Å². The van der Waals surface area contributed by atoms with Gasteiger partial charge < -0.3 is 11.1 Å². The molecule has 6 heteroatoms. The molecule has 1 aromatic rings. The Labute approximate surface area is 104 Å². The van der Waals surface area contributed by atoms with Gasteiger partial charge in [-0.1, -0.05) is 26.1 Å². The Morgan fingerprint density at radius 2 is 2.25 bits per heavy atom. The van der Waals surface area contributed by atoms with Crippen LogP contribution in [0.25, 0.3) is 0 Å². The zero-order valence-electron chi connectivity index (χ0n) is 9.32. The molecule has 1 heterocycles. The van der Waals surface area contributed by atoms with Gasteiger partial charge in [-0.2, -0.15) is 0 Å². The molecule has 1 rings (SSSR count). The summed E-state index contributed by atoms with van der Waals surface area (Å²) in [6.45, 7) is 3.81. The second-order valence-corrected chi connectivity index (χ2v) is 4.78. The maximum atomic E-state index is 12.1. The zero-order valence-corrected chi connectivity index (χ0v) is 11.0. The minimum Gasteiger partial charge on any atom is -0.392 e. The molecule has 4 nitrogen and oxygen atoms in total. The minimum atomic E-state index is -0.763. The first kappa shape index (κ1) is 13.1. The molecule has 0 bridgehead atoms. The van der Waals surface area contributed by atoms with E-state index in [0.717, 1.165) is 0 Å². The number of thiocarbonyl (C=S) groups is 1. The second-order valence-electron chi connectivity index (χ2n) is 3.44. The van der Waals surface area contributed by atoms with Crippen LogP contribution in [0.1, 0.15) is 26.7 Å². The number of carbonyl (C=O) groups excluding carboxylic acids is 1. The Morgan fingerprint density at radius 1 is 1.62 bits per heavy atom. The number of hydrogen-bond donors (Lipinski definition) is 2. The number of anilines is 1. The molecule has 1 aromatic heterocycles. The topological polar surface area (TPSA) is 68.0 Å². The van der Waals surface area contributed by atoms with Gasteiger partial charge in [-0.25, -0.2) is 4.98 Å². The molecule has 0 fully saturated rings. The summed E-state index contributed by atoms with van der Waals surface area (Å²) in [6, 6.07) is 0. The largest absolute Gasteiger partial charge is 0.392 e. The average Bonchev–Trinajstić information content (AvgIpc) is 2.72. The summed E-state index contributed by atoms with van der Waals surface area (Å²) in [7, 11) is 0. The third-order valence-corrected chi connectivity index (χ3v) is 3.85. The molecule has 0 unspecified atom stereocenters. The maximum absolute atomic E-state index is 12.1. The molecule has 0 aliphatic rings. The second kappa shape index (κ2) is 5.36. The molecule has 16 heavy (non-hydrogen) atoms. The Morgan fingerprint density at radius 3 is 2.62 bits per heavy atom. The summed E-state index contributed by atoms with van der Waals surface area (Å²) in [5.41, 5.74) is 4.91. The van der Waals surface area contributed by atoms with E-state index in [4.69, 9.17) is 18.0 Å². The van der Waals surface area contributed by atoms with E-state index < -0.39 is 5.41 Å². The van der Waals surface area contributed by atoms with E-state index in [1.165, 1.54) is 11.3 Å². The first-order valence-electron chi connectivity index (χ1n) is 5.07. The molecule has 0 saturated carbocycles. The number of nitrogens with two attached hydrogens (primary N) is 1. The molecule has 0 aliphatic heterocycles. The highest BCUT2D eigenvalue weighted by atomic mass is 32.1. The summed E-state index contributed by atoms with van der Waals surface area (Å²) >= 11 is 6.37. The Bertz CT molecular complexity index is 371. The van der Waals surface area contributed by atoms with Crippen molar-refractivity contribution in [3.63, 3.8) is 0 Å². The van der Waals surface area contributed by atoms with Crippen LogP contribution in [0.2, 0.25) is 0 Å². The first-order chi connectivity index (χ1) is 7.56. The molecule has 3 N–H and O–H groups in total. The number of nitrogens with zero attached hydrogens (tertiary/aromatic N) is 1. The Kier molecular flexibility index (Phi) is 4.37. The molecule has 1 amide bonds. The molecule has 0 radical (unpaired) electrons. The van der Waals surface area contributed by atoms with Crippen molar-refractivity contribution >= 4 is 39.6 Å². The van der Waals surface area contributed by atoms with Crippen LogP contribution in [0.4, 0.5) is 5.13 Å². The van der Waals surface area contributed by atoms with Crippen molar-refractivity contribution in [2.24, 2.45) is 11.1 Å². The average molecular weight is 257 g/mol. The maximum Gasteiger partial charge on any atom is 0.239 e. The number of carbonyl (C=O) groups is 1. The third-order valence-electron chi connectivity index (χ3n) is 2.77. The van der Waals surface area contributed by atoms with Crippen LogP contribution in [0, 0.1) is 5.41 Å². The van der Waals surface area contributed by atoms with Gasteiger partial charge in [-0.15, -0.1) is 11.3 Å². The molecule has 0 saturated heterocycles. The highest BCUT2D eigenvalue weighted by molar-refractivity contribution is 7.80. The van der Waals surface area contributed by atoms with Crippen LogP contribution in [-0.4, -0.2) is 15.9 Å². The van der Waals surface area contributed by atoms with Crippen LogP contribution in [0.5, 0.6) is 0 Å². The highest BCUT2D eigenvalue weighted by Crippen LogP contribution is 2.29. The van der Waals surface area contributed by atoms with E-state index >= 15 is 0 Å². The number of rotatable bonds is 5. The SMILES string of the molecule is CCC(CC)(C(=O)Nc1nccs1)C(N)=S. The lowest BCUT2D eigenvalue weighted by Crippen LogP contribution is -2.45. The fourth-order valence-corrected chi connectivity index (χ4v) is 2.44. The van der Waals surface area contributed by atoms with Crippen LogP contribution in [-0.2, 0) is 4.79 Å². The van der Waals surface area contributed by atoms with Crippen molar-refractivity contribution in [1.82, 2.24) is 4.98 Å². The van der Waals surface area contributed by atoms with Gasteiger partial charge in [0.15, 0.2) is 5.13 Å². The molecule has 88 valence electrons. The number of hydrogen-bond acceptors (Lipinski definition) is 4. The van der Waals surface area contributed by atoms with Crippen molar-refractivity contribution in [3.05, 3.63) is 11.6 Å². The van der Waals surface area contributed by atoms with Crippen LogP contribution >= 0.6 is 23.6 Å². The fraction of sp³-hybridized carbons (Fsp3) is 0.500.